The summed E-state index contributed by atoms with van der Waals surface area (Å²) in [5.41, 5.74) is 6.09. The third-order valence-electron chi connectivity index (χ3n) is 2.44. The molecule has 0 radical (unpaired) electrons. The van der Waals surface area contributed by atoms with Gasteiger partial charge in [-0.05, 0) is 19.1 Å². The smallest absolute Gasteiger partial charge is 0.289 e. The fraction of sp³-hybridized carbons (Fsp3) is 0.364. The summed E-state index contributed by atoms with van der Waals surface area (Å²) < 4.78 is 0. The van der Waals surface area contributed by atoms with E-state index in [4.69, 9.17) is 11.0 Å². The van der Waals surface area contributed by atoms with Crippen LogP contribution in [0.2, 0.25) is 0 Å². The van der Waals surface area contributed by atoms with Crippen LogP contribution in [0.5, 0.6) is 0 Å². The Morgan fingerprint density at radius 1 is 1.59 bits per heavy atom. The zero-order valence-electron chi connectivity index (χ0n) is 9.59. The van der Waals surface area contributed by atoms with Crippen LogP contribution in [0.4, 0.5) is 11.4 Å². The topological polar surface area (TPSA) is 96.2 Å². The second-order valence-corrected chi connectivity index (χ2v) is 3.44. The highest BCUT2D eigenvalue weighted by atomic mass is 16.6. The molecule has 0 heterocycles. The first kappa shape index (κ1) is 12.9. The van der Waals surface area contributed by atoms with E-state index in [-0.39, 0.29) is 11.3 Å². The Kier molecular flexibility index (Phi) is 4.43. The zero-order valence-corrected chi connectivity index (χ0v) is 9.59. The molecule has 6 nitrogen and oxygen atoms in total. The van der Waals surface area contributed by atoms with Crippen LogP contribution in [0.25, 0.3) is 0 Å². The van der Waals surface area contributed by atoms with Crippen molar-refractivity contribution in [3.05, 3.63) is 33.9 Å². The molecule has 0 saturated heterocycles. The highest BCUT2D eigenvalue weighted by molar-refractivity contribution is 5.60. The molecule has 0 bridgehead atoms. The number of anilines is 1. The van der Waals surface area contributed by atoms with Crippen molar-refractivity contribution in [3.63, 3.8) is 0 Å². The number of benzene rings is 1. The molecule has 0 spiro atoms. The normalized spacial score (nSPS) is 9.71. The standard InChI is InChI=1S/C11H14N4O2/c1-2-14(6-5-12)10-4-3-9(8-13)11(7-10)15(16)17/h3-4,7H,2,5-6,12H2,1H3. The fourth-order valence-corrected chi connectivity index (χ4v) is 1.59. The van der Waals surface area contributed by atoms with Crippen molar-refractivity contribution in [2.24, 2.45) is 5.73 Å². The van der Waals surface area contributed by atoms with Gasteiger partial charge in [0.25, 0.3) is 5.69 Å². The van der Waals surface area contributed by atoms with Crippen LogP contribution in [0, 0.1) is 21.4 Å². The predicted molar refractivity (Wildman–Crippen MR) is 64.8 cm³/mol. The number of rotatable bonds is 5. The minimum absolute atomic E-state index is 0.0718. The highest BCUT2D eigenvalue weighted by Gasteiger charge is 2.16. The maximum Gasteiger partial charge on any atom is 0.289 e. The first-order chi connectivity index (χ1) is 8.13. The number of likely N-dealkylation sites (N-methyl/N-ethyl adjacent to an activating group) is 1. The van der Waals surface area contributed by atoms with E-state index in [9.17, 15) is 10.1 Å². The summed E-state index contributed by atoms with van der Waals surface area (Å²) in [5, 5.41) is 19.6. The van der Waals surface area contributed by atoms with Crippen molar-refractivity contribution in [1.29, 1.82) is 5.26 Å². The summed E-state index contributed by atoms with van der Waals surface area (Å²) in [6.45, 7) is 3.75. The molecule has 0 aliphatic rings. The average molecular weight is 234 g/mol. The Balaban J connectivity index is 3.16. The van der Waals surface area contributed by atoms with Gasteiger partial charge in [-0.1, -0.05) is 0 Å². The number of nitrogens with zero attached hydrogens (tertiary/aromatic N) is 3. The van der Waals surface area contributed by atoms with Gasteiger partial charge in [0.1, 0.15) is 11.6 Å². The quantitative estimate of drug-likeness (QED) is 0.611. The lowest BCUT2D eigenvalue weighted by atomic mass is 10.1. The number of nitro benzene ring substituents is 1. The Morgan fingerprint density at radius 2 is 2.29 bits per heavy atom. The number of nitrogens with two attached hydrogens (primary N) is 1. The molecule has 2 N–H and O–H groups in total. The van der Waals surface area contributed by atoms with Crippen LogP contribution in [0.3, 0.4) is 0 Å². The molecule has 0 amide bonds. The fourth-order valence-electron chi connectivity index (χ4n) is 1.59. The van der Waals surface area contributed by atoms with Crippen LogP contribution in [-0.4, -0.2) is 24.6 Å². The van der Waals surface area contributed by atoms with E-state index >= 15 is 0 Å². The maximum absolute atomic E-state index is 10.8. The maximum atomic E-state index is 10.8. The molecule has 1 aromatic carbocycles. The molecule has 0 saturated carbocycles. The van der Waals surface area contributed by atoms with Gasteiger partial charge in [-0.25, -0.2) is 0 Å². The lowest BCUT2D eigenvalue weighted by molar-refractivity contribution is -0.385. The molecular formula is C11H14N4O2. The third kappa shape index (κ3) is 2.92. The zero-order chi connectivity index (χ0) is 12.8. The number of nitriles is 1. The van der Waals surface area contributed by atoms with Crippen LogP contribution in [-0.2, 0) is 0 Å². The summed E-state index contributed by atoms with van der Waals surface area (Å²) in [4.78, 5) is 12.2. The summed E-state index contributed by atoms with van der Waals surface area (Å²) in [6, 6.07) is 6.39. The first-order valence-corrected chi connectivity index (χ1v) is 5.27. The number of hydrogen-bond donors (Lipinski definition) is 1. The molecular weight excluding hydrogens is 220 g/mol. The second kappa shape index (κ2) is 5.82. The lowest BCUT2D eigenvalue weighted by Crippen LogP contribution is -2.29. The van der Waals surface area contributed by atoms with Gasteiger partial charge >= 0.3 is 0 Å². The van der Waals surface area contributed by atoms with Crippen molar-refractivity contribution in [3.8, 4) is 6.07 Å². The summed E-state index contributed by atoms with van der Waals surface area (Å²) in [5.74, 6) is 0. The van der Waals surface area contributed by atoms with Gasteiger partial charge in [-0.15, -0.1) is 0 Å². The van der Waals surface area contributed by atoms with Crippen molar-refractivity contribution >= 4 is 11.4 Å². The number of hydrogen-bond acceptors (Lipinski definition) is 5. The molecule has 0 unspecified atom stereocenters. The van der Waals surface area contributed by atoms with Crippen molar-refractivity contribution < 1.29 is 4.92 Å². The van der Waals surface area contributed by atoms with Crippen LogP contribution < -0.4 is 10.6 Å². The minimum Gasteiger partial charge on any atom is -0.370 e. The molecule has 6 heteroatoms. The summed E-state index contributed by atoms with van der Waals surface area (Å²) in [7, 11) is 0. The Bertz CT molecular complexity index is 453. The molecule has 0 aliphatic carbocycles. The molecule has 0 aromatic heterocycles. The van der Waals surface area contributed by atoms with Crippen LogP contribution in [0.15, 0.2) is 18.2 Å². The van der Waals surface area contributed by atoms with E-state index in [1.807, 2.05) is 17.9 Å². The summed E-state index contributed by atoms with van der Waals surface area (Å²) >= 11 is 0. The average Bonchev–Trinajstić information content (AvgIpc) is 2.35. The van der Waals surface area contributed by atoms with Gasteiger partial charge < -0.3 is 10.6 Å². The van der Waals surface area contributed by atoms with E-state index in [1.165, 1.54) is 12.1 Å². The molecule has 1 rings (SSSR count). The SMILES string of the molecule is CCN(CCN)c1ccc(C#N)c([N+](=O)[O-])c1. The van der Waals surface area contributed by atoms with Gasteiger partial charge in [-0.2, -0.15) is 5.26 Å². The highest BCUT2D eigenvalue weighted by Crippen LogP contribution is 2.24. The van der Waals surface area contributed by atoms with Gasteiger partial charge in [0.05, 0.1) is 4.92 Å². The van der Waals surface area contributed by atoms with Crippen LogP contribution in [0.1, 0.15) is 12.5 Å². The minimum atomic E-state index is -0.543. The van der Waals surface area contributed by atoms with E-state index in [0.29, 0.717) is 25.3 Å². The Hall–Kier alpha value is -2.13. The van der Waals surface area contributed by atoms with Gasteiger partial charge in [0.15, 0.2) is 0 Å². The molecule has 0 aliphatic heterocycles. The lowest BCUT2D eigenvalue weighted by Gasteiger charge is -2.22. The predicted octanol–water partition coefficient (Wildman–Crippen LogP) is 1.25. The second-order valence-electron chi connectivity index (χ2n) is 3.44. The van der Waals surface area contributed by atoms with Crippen molar-refractivity contribution in [2.45, 2.75) is 6.92 Å². The van der Waals surface area contributed by atoms with Crippen LogP contribution >= 0.6 is 0 Å². The molecule has 1 aromatic rings. The van der Waals surface area contributed by atoms with E-state index in [2.05, 4.69) is 0 Å². The first-order valence-electron chi connectivity index (χ1n) is 5.27. The van der Waals surface area contributed by atoms with Crippen molar-refractivity contribution in [1.82, 2.24) is 0 Å². The molecule has 0 fully saturated rings. The Labute approximate surface area is 99.4 Å². The Morgan fingerprint density at radius 3 is 2.76 bits per heavy atom. The third-order valence-corrected chi connectivity index (χ3v) is 2.44. The largest absolute Gasteiger partial charge is 0.370 e. The van der Waals surface area contributed by atoms with E-state index < -0.39 is 4.92 Å². The molecule has 17 heavy (non-hydrogen) atoms. The summed E-state index contributed by atoms with van der Waals surface area (Å²) in [6.07, 6.45) is 0. The van der Waals surface area contributed by atoms with E-state index in [0.717, 1.165) is 0 Å². The number of nitro groups is 1. The molecule has 90 valence electrons. The van der Waals surface area contributed by atoms with Gasteiger partial charge in [0.2, 0.25) is 0 Å². The monoisotopic (exact) mass is 234 g/mol. The van der Waals surface area contributed by atoms with E-state index in [1.54, 1.807) is 6.07 Å². The van der Waals surface area contributed by atoms with Crippen molar-refractivity contribution in [2.75, 3.05) is 24.5 Å². The van der Waals surface area contributed by atoms with Gasteiger partial charge in [0, 0.05) is 31.4 Å². The van der Waals surface area contributed by atoms with Gasteiger partial charge in [-0.3, -0.25) is 10.1 Å². The molecule has 0 atom stereocenters.